The van der Waals surface area contributed by atoms with Crippen LogP contribution in [-0.2, 0) is 4.79 Å². The molecule has 1 unspecified atom stereocenters. The maximum Gasteiger partial charge on any atom is 0.305 e. The van der Waals surface area contributed by atoms with Crippen LogP contribution in [-0.4, -0.2) is 20.6 Å². The van der Waals surface area contributed by atoms with Crippen molar-refractivity contribution in [3.05, 3.63) is 48.0 Å². The third kappa shape index (κ3) is 2.57. The minimum Gasteiger partial charge on any atom is -0.481 e. The number of nitrogens with two attached hydrogens (primary N) is 1. The van der Waals surface area contributed by atoms with E-state index < -0.39 is 12.0 Å². The molecule has 0 radical (unpaired) electrons. The fourth-order valence-electron chi connectivity index (χ4n) is 1.84. The highest BCUT2D eigenvalue weighted by Gasteiger charge is 2.10. The third-order valence-electron chi connectivity index (χ3n) is 2.82. The second-order valence-corrected chi connectivity index (χ2v) is 4.14. The molecule has 0 aliphatic carbocycles. The number of aromatic nitrogens is 2. The van der Waals surface area contributed by atoms with Crippen molar-refractivity contribution in [2.24, 2.45) is 5.73 Å². The topological polar surface area (TPSA) is 81.1 Å². The fraction of sp³-hybridized carbons (Fsp3) is 0.231. The Kier molecular flexibility index (Phi) is 3.43. The van der Waals surface area contributed by atoms with E-state index in [0.29, 0.717) is 0 Å². The molecule has 0 aliphatic rings. The lowest BCUT2D eigenvalue weighted by atomic mass is 10.0. The molecule has 94 valence electrons. The molecule has 1 heterocycles. The summed E-state index contributed by atoms with van der Waals surface area (Å²) >= 11 is 0. The first kappa shape index (κ1) is 12.3. The van der Waals surface area contributed by atoms with Gasteiger partial charge in [-0.25, -0.2) is 4.98 Å². The zero-order valence-electron chi connectivity index (χ0n) is 10.1. The molecule has 3 N–H and O–H groups in total. The molecule has 0 spiro atoms. The van der Waals surface area contributed by atoms with Crippen LogP contribution in [0.3, 0.4) is 0 Å². The molecule has 5 heteroatoms. The molecular formula is C13H15N3O2. The lowest BCUT2D eigenvalue weighted by molar-refractivity contribution is -0.137. The molecule has 0 saturated heterocycles. The average molecular weight is 245 g/mol. The van der Waals surface area contributed by atoms with Crippen LogP contribution in [0, 0.1) is 6.92 Å². The van der Waals surface area contributed by atoms with Gasteiger partial charge in [0, 0.05) is 24.1 Å². The molecule has 0 bridgehead atoms. The van der Waals surface area contributed by atoms with E-state index in [1.54, 1.807) is 6.20 Å². The van der Waals surface area contributed by atoms with Crippen molar-refractivity contribution in [1.82, 2.24) is 9.55 Å². The standard InChI is InChI=1S/C13H15N3O2/c1-9-15-6-7-16(9)11-4-2-10(3-5-11)12(14)8-13(17)18/h2-7,12H,8,14H2,1H3,(H,17,18). The van der Waals surface area contributed by atoms with Crippen LogP contribution in [0.5, 0.6) is 0 Å². The van der Waals surface area contributed by atoms with E-state index in [2.05, 4.69) is 4.98 Å². The normalized spacial score (nSPS) is 12.3. The van der Waals surface area contributed by atoms with Crippen LogP contribution < -0.4 is 5.73 Å². The summed E-state index contributed by atoms with van der Waals surface area (Å²) in [5.74, 6) is 0.00890. The number of imidazole rings is 1. The van der Waals surface area contributed by atoms with Gasteiger partial charge in [-0.15, -0.1) is 0 Å². The van der Waals surface area contributed by atoms with Crippen LogP contribution in [0.15, 0.2) is 36.7 Å². The maximum absolute atomic E-state index is 10.6. The highest BCUT2D eigenvalue weighted by molar-refractivity contribution is 5.67. The van der Waals surface area contributed by atoms with E-state index in [0.717, 1.165) is 17.1 Å². The van der Waals surface area contributed by atoms with Gasteiger partial charge in [-0.1, -0.05) is 12.1 Å². The highest BCUT2D eigenvalue weighted by atomic mass is 16.4. The van der Waals surface area contributed by atoms with Gasteiger partial charge in [0.15, 0.2) is 0 Å². The van der Waals surface area contributed by atoms with Crippen LogP contribution in [0.2, 0.25) is 0 Å². The number of carbonyl (C=O) groups is 1. The van der Waals surface area contributed by atoms with Crippen LogP contribution in [0.1, 0.15) is 23.9 Å². The largest absolute Gasteiger partial charge is 0.481 e. The second-order valence-electron chi connectivity index (χ2n) is 4.14. The van der Waals surface area contributed by atoms with E-state index >= 15 is 0 Å². The van der Waals surface area contributed by atoms with Gasteiger partial charge < -0.3 is 15.4 Å². The summed E-state index contributed by atoms with van der Waals surface area (Å²) in [5.41, 5.74) is 7.60. The van der Waals surface area contributed by atoms with E-state index in [1.165, 1.54) is 0 Å². The number of aryl methyl sites for hydroxylation is 1. The van der Waals surface area contributed by atoms with Gasteiger partial charge in [0.1, 0.15) is 5.82 Å². The Hall–Kier alpha value is -2.14. The zero-order valence-corrected chi connectivity index (χ0v) is 10.1. The summed E-state index contributed by atoms with van der Waals surface area (Å²) in [5, 5.41) is 8.69. The summed E-state index contributed by atoms with van der Waals surface area (Å²) in [6.07, 6.45) is 3.55. The number of carboxylic acid groups (broad SMARTS) is 1. The number of hydrogen-bond donors (Lipinski definition) is 2. The van der Waals surface area contributed by atoms with Crippen molar-refractivity contribution in [1.29, 1.82) is 0 Å². The molecule has 2 aromatic rings. The summed E-state index contributed by atoms with van der Waals surface area (Å²) in [4.78, 5) is 14.7. The Morgan fingerprint density at radius 3 is 2.61 bits per heavy atom. The number of aliphatic carboxylic acids is 1. The first-order valence-corrected chi connectivity index (χ1v) is 5.65. The maximum atomic E-state index is 10.6. The summed E-state index contributed by atoms with van der Waals surface area (Å²) in [6, 6.07) is 7.04. The minimum absolute atomic E-state index is 0.0660. The Labute approximate surface area is 105 Å². The average Bonchev–Trinajstić information content (AvgIpc) is 2.75. The van der Waals surface area contributed by atoms with Crippen molar-refractivity contribution in [2.75, 3.05) is 0 Å². The van der Waals surface area contributed by atoms with E-state index in [4.69, 9.17) is 10.8 Å². The summed E-state index contributed by atoms with van der Waals surface area (Å²) < 4.78 is 1.95. The monoisotopic (exact) mass is 245 g/mol. The van der Waals surface area contributed by atoms with Gasteiger partial charge in [0.2, 0.25) is 0 Å². The Balaban J connectivity index is 2.20. The van der Waals surface area contributed by atoms with Crippen LogP contribution in [0.25, 0.3) is 5.69 Å². The first-order valence-electron chi connectivity index (χ1n) is 5.65. The van der Waals surface area contributed by atoms with Crippen molar-refractivity contribution in [3.8, 4) is 5.69 Å². The van der Waals surface area contributed by atoms with Gasteiger partial charge >= 0.3 is 5.97 Å². The van der Waals surface area contributed by atoms with Crippen molar-refractivity contribution < 1.29 is 9.90 Å². The molecule has 2 rings (SSSR count). The van der Waals surface area contributed by atoms with Crippen LogP contribution >= 0.6 is 0 Å². The molecule has 0 fully saturated rings. The molecule has 5 nitrogen and oxygen atoms in total. The van der Waals surface area contributed by atoms with Crippen LogP contribution in [0.4, 0.5) is 0 Å². The minimum atomic E-state index is -0.892. The Bertz CT molecular complexity index is 546. The quantitative estimate of drug-likeness (QED) is 0.858. The molecule has 0 aliphatic heterocycles. The van der Waals surface area contributed by atoms with Gasteiger partial charge in [-0.2, -0.15) is 0 Å². The smallest absolute Gasteiger partial charge is 0.305 e. The lowest BCUT2D eigenvalue weighted by Crippen LogP contribution is -2.14. The number of rotatable bonds is 4. The Morgan fingerprint density at radius 1 is 1.44 bits per heavy atom. The van der Waals surface area contributed by atoms with E-state index in [9.17, 15) is 4.79 Å². The molecule has 0 amide bonds. The van der Waals surface area contributed by atoms with Gasteiger partial charge in [0.05, 0.1) is 6.42 Å². The van der Waals surface area contributed by atoms with Gasteiger partial charge in [-0.3, -0.25) is 4.79 Å². The zero-order chi connectivity index (χ0) is 13.1. The molecule has 0 saturated carbocycles. The molecular weight excluding hydrogens is 230 g/mol. The highest BCUT2D eigenvalue weighted by Crippen LogP contribution is 2.17. The third-order valence-corrected chi connectivity index (χ3v) is 2.82. The second kappa shape index (κ2) is 5.01. The SMILES string of the molecule is Cc1nccn1-c1ccc(C(N)CC(=O)O)cc1. The van der Waals surface area contributed by atoms with Crippen molar-refractivity contribution >= 4 is 5.97 Å². The molecule has 1 atom stereocenters. The number of carboxylic acids is 1. The summed E-state index contributed by atoms with van der Waals surface area (Å²) in [7, 11) is 0. The number of hydrogen-bond acceptors (Lipinski definition) is 3. The van der Waals surface area contributed by atoms with Gasteiger partial charge in [0.25, 0.3) is 0 Å². The number of nitrogens with zero attached hydrogens (tertiary/aromatic N) is 2. The van der Waals surface area contributed by atoms with Gasteiger partial charge in [-0.05, 0) is 24.6 Å². The van der Waals surface area contributed by atoms with E-state index in [1.807, 2.05) is 42.0 Å². The molecule has 1 aromatic carbocycles. The molecule has 1 aromatic heterocycles. The fourth-order valence-corrected chi connectivity index (χ4v) is 1.84. The predicted molar refractivity (Wildman–Crippen MR) is 67.5 cm³/mol. The lowest BCUT2D eigenvalue weighted by Gasteiger charge is -2.11. The predicted octanol–water partition coefficient (Wildman–Crippen LogP) is 1.66. The number of benzene rings is 1. The molecule has 18 heavy (non-hydrogen) atoms. The van der Waals surface area contributed by atoms with E-state index in [-0.39, 0.29) is 6.42 Å². The Morgan fingerprint density at radius 2 is 2.11 bits per heavy atom. The van der Waals surface area contributed by atoms with Crippen molar-refractivity contribution in [2.45, 2.75) is 19.4 Å². The summed E-state index contributed by atoms with van der Waals surface area (Å²) in [6.45, 7) is 1.92. The van der Waals surface area contributed by atoms with Crippen molar-refractivity contribution in [3.63, 3.8) is 0 Å². The first-order chi connectivity index (χ1) is 8.58.